The van der Waals surface area contributed by atoms with Crippen molar-refractivity contribution in [3.05, 3.63) is 99.6 Å². The first-order chi connectivity index (χ1) is 13.1. The summed E-state index contributed by atoms with van der Waals surface area (Å²) in [5.74, 6) is 0.968. The SMILES string of the molecule is O=[N+]([O-])c1cccc(C2=C(c3ccc(O)cc3)c3ccccc3OCC2)c1. The van der Waals surface area contributed by atoms with Crippen LogP contribution in [0.25, 0.3) is 11.1 Å². The maximum Gasteiger partial charge on any atom is 0.270 e. The molecular weight excluding hydrogens is 342 g/mol. The van der Waals surface area contributed by atoms with Crippen LogP contribution in [-0.4, -0.2) is 16.6 Å². The number of benzene rings is 3. The molecule has 4 rings (SSSR count). The zero-order valence-electron chi connectivity index (χ0n) is 14.5. The molecule has 0 fully saturated rings. The van der Waals surface area contributed by atoms with Crippen molar-refractivity contribution in [2.75, 3.05) is 6.61 Å². The van der Waals surface area contributed by atoms with Crippen LogP contribution in [0.5, 0.6) is 11.5 Å². The van der Waals surface area contributed by atoms with E-state index in [0.29, 0.717) is 13.0 Å². The van der Waals surface area contributed by atoms with Gasteiger partial charge in [-0.25, -0.2) is 0 Å². The van der Waals surface area contributed by atoms with Gasteiger partial charge < -0.3 is 9.84 Å². The van der Waals surface area contributed by atoms with Gasteiger partial charge in [-0.2, -0.15) is 0 Å². The van der Waals surface area contributed by atoms with E-state index in [9.17, 15) is 15.2 Å². The van der Waals surface area contributed by atoms with Gasteiger partial charge in [-0.3, -0.25) is 10.1 Å². The van der Waals surface area contributed by atoms with Crippen molar-refractivity contribution in [2.24, 2.45) is 0 Å². The molecule has 27 heavy (non-hydrogen) atoms. The Kier molecular flexibility index (Phi) is 4.34. The molecule has 0 spiro atoms. The molecule has 0 unspecified atom stereocenters. The van der Waals surface area contributed by atoms with Crippen LogP contribution in [0.15, 0.2) is 72.8 Å². The van der Waals surface area contributed by atoms with Crippen molar-refractivity contribution in [3.63, 3.8) is 0 Å². The topological polar surface area (TPSA) is 72.6 Å². The predicted octanol–water partition coefficient (Wildman–Crippen LogP) is 5.04. The van der Waals surface area contributed by atoms with E-state index < -0.39 is 0 Å². The molecule has 0 radical (unpaired) electrons. The second kappa shape index (κ2) is 6.96. The molecule has 0 saturated heterocycles. The van der Waals surface area contributed by atoms with Crippen LogP contribution in [0.2, 0.25) is 0 Å². The quantitative estimate of drug-likeness (QED) is 0.525. The van der Waals surface area contributed by atoms with Crippen molar-refractivity contribution in [2.45, 2.75) is 6.42 Å². The fourth-order valence-corrected chi connectivity index (χ4v) is 3.40. The summed E-state index contributed by atoms with van der Waals surface area (Å²) in [6.45, 7) is 0.483. The number of rotatable bonds is 3. The molecule has 3 aromatic rings. The van der Waals surface area contributed by atoms with E-state index in [1.54, 1.807) is 24.3 Å². The van der Waals surface area contributed by atoms with Gasteiger partial charge in [0.1, 0.15) is 11.5 Å². The highest BCUT2D eigenvalue weighted by molar-refractivity contribution is 6.00. The summed E-state index contributed by atoms with van der Waals surface area (Å²) < 4.78 is 5.93. The lowest BCUT2D eigenvalue weighted by molar-refractivity contribution is -0.384. The minimum atomic E-state index is -0.383. The minimum Gasteiger partial charge on any atom is -0.508 e. The molecule has 3 aromatic carbocycles. The molecule has 0 aliphatic carbocycles. The lowest BCUT2D eigenvalue weighted by Crippen LogP contribution is -1.97. The Morgan fingerprint density at radius 1 is 0.926 bits per heavy atom. The van der Waals surface area contributed by atoms with E-state index in [-0.39, 0.29) is 16.4 Å². The Bertz CT molecular complexity index is 1040. The lowest BCUT2D eigenvalue weighted by atomic mass is 9.88. The molecule has 0 amide bonds. The van der Waals surface area contributed by atoms with Gasteiger partial charge in [0.05, 0.1) is 11.5 Å². The number of para-hydroxylation sites is 1. The summed E-state index contributed by atoms with van der Waals surface area (Å²) in [5, 5.41) is 20.9. The van der Waals surface area contributed by atoms with Crippen LogP contribution in [0.1, 0.15) is 23.1 Å². The monoisotopic (exact) mass is 359 g/mol. The standard InChI is InChI=1S/C22H17NO4/c24-18-10-8-15(9-11-18)22-19(16-4-3-5-17(14-16)23(25)26)12-13-27-21-7-2-1-6-20(21)22/h1-11,14,24H,12-13H2. The van der Waals surface area contributed by atoms with Gasteiger partial charge in [-0.1, -0.05) is 42.5 Å². The smallest absolute Gasteiger partial charge is 0.270 e. The first-order valence-electron chi connectivity index (χ1n) is 8.63. The summed E-state index contributed by atoms with van der Waals surface area (Å²) in [6, 6.07) is 21.4. The maximum atomic E-state index is 11.2. The van der Waals surface area contributed by atoms with E-state index in [1.807, 2.05) is 42.5 Å². The van der Waals surface area contributed by atoms with Crippen LogP contribution in [0.3, 0.4) is 0 Å². The molecule has 0 atom stereocenters. The zero-order valence-corrected chi connectivity index (χ0v) is 14.5. The highest BCUT2D eigenvalue weighted by Crippen LogP contribution is 2.41. The Labute approximate surface area is 156 Å². The number of hydrogen-bond donors (Lipinski definition) is 1. The fraction of sp³-hybridized carbons (Fsp3) is 0.0909. The average Bonchev–Trinajstić information content (AvgIpc) is 2.88. The largest absolute Gasteiger partial charge is 0.508 e. The van der Waals surface area contributed by atoms with Gasteiger partial charge >= 0.3 is 0 Å². The maximum absolute atomic E-state index is 11.2. The summed E-state index contributed by atoms with van der Waals surface area (Å²) in [5.41, 5.74) is 4.66. The van der Waals surface area contributed by atoms with Gasteiger partial charge in [0, 0.05) is 24.1 Å². The summed E-state index contributed by atoms with van der Waals surface area (Å²) in [6.07, 6.45) is 0.617. The molecule has 0 saturated carbocycles. The molecule has 1 aliphatic heterocycles. The summed E-state index contributed by atoms with van der Waals surface area (Å²) >= 11 is 0. The molecular formula is C22H17NO4. The Morgan fingerprint density at radius 3 is 2.48 bits per heavy atom. The first kappa shape index (κ1) is 16.8. The normalized spacial score (nSPS) is 13.5. The number of nitrogens with zero attached hydrogens (tertiary/aromatic N) is 1. The van der Waals surface area contributed by atoms with Gasteiger partial charge in [0.15, 0.2) is 0 Å². The van der Waals surface area contributed by atoms with E-state index in [0.717, 1.165) is 33.6 Å². The third-order valence-electron chi connectivity index (χ3n) is 4.63. The number of phenols is 1. The van der Waals surface area contributed by atoms with Crippen LogP contribution in [0, 0.1) is 10.1 Å². The van der Waals surface area contributed by atoms with Crippen LogP contribution in [-0.2, 0) is 0 Å². The van der Waals surface area contributed by atoms with Crippen LogP contribution >= 0.6 is 0 Å². The van der Waals surface area contributed by atoms with Crippen LogP contribution < -0.4 is 4.74 Å². The number of fused-ring (bicyclic) bond motifs is 1. The molecule has 1 aliphatic rings. The summed E-state index contributed by atoms with van der Waals surface area (Å²) in [4.78, 5) is 10.8. The van der Waals surface area contributed by atoms with Crippen molar-refractivity contribution in [1.29, 1.82) is 0 Å². The minimum absolute atomic E-state index is 0.0588. The van der Waals surface area contributed by atoms with Crippen molar-refractivity contribution < 1.29 is 14.8 Å². The second-order valence-electron chi connectivity index (χ2n) is 6.30. The highest BCUT2D eigenvalue weighted by Gasteiger charge is 2.21. The number of phenolic OH excluding ortho intramolecular Hbond substituents is 1. The Balaban J connectivity index is 2.00. The third-order valence-corrected chi connectivity index (χ3v) is 4.63. The molecule has 5 heteroatoms. The summed E-state index contributed by atoms with van der Waals surface area (Å²) in [7, 11) is 0. The van der Waals surface area contributed by atoms with Gasteiger partial charge in [-0.15, -0.1) is 0 Å². The molecule has 0 bridgehead atoms. The molecule has 134 valence electrons. The fourth-order valence-electron chi connectivity index (χ4n) is 3.40. The third kappa shape index (κ3) is 3.27. The molecule has 0 aromatic heterocycles. The van der Waals surface area contributed by atoms with Crippen molar-refractivity contribution >= 4 is 16.8 Å². The van der Waals surface area contributed by atoms with Crippen molar-refractivity contribution in [1.82, 2.24) is 0 Å². The van der Waals surface area contributed by atoms with E-state index in [2.05, 4.69) is 0 Å². The molecule has 1 N–H and O–H groups in total. The van der Waals surface area contributed by atoms with Crippen LogP contribution in [0.4, 0.5) is 5.69 Å². The molecule has 5 nitrogen and oxygen atoms in total. The Hall–Kier alpha value is -3.60. The number of ether oxygens (including phenoxy) is 1. The number of hydrogen-bond acceptors (Lipinski definition) is 4. The Morgan fingerprint density at radius 2 is 1.70 bits per heavy atom. The lowest BCUT2D eigenvalue weighted by Gasteiger charge is -2.15. The van der Waals surface area contributed by atoms with Crippen molar-refractivity contribution in [3.8, 4) is 11.5 Å². The average molecular weight is 359 g/mol. The van der Waals surface area contributed by atoms with E-state index in [1.165, 1.54) is 6.07 Å². The number of aromatic hydroxyl groups is 1. The van der Waals surface area contributed by atoms with E-state index in [4.69, 9.17) is 4.74 Å². The zero-order chi connectivity index (χ0) is 18.8. The number of non-ortho nitro benzene ring substituents is 1. The molecule has 1 heterocycles. The number of nitro groups is 1. The van der Waals surface area contributed by atoms with Gasteiger partial charge in [-0.05, 0) is 40.5 Å². The van der Waals surface area contributed by atoms with Gasteiger partial charge in [0.25, 0.3) is 5.69 Å². The second-order valence-corrected chi connectivity index (χ2v) is 6.30. The highest BCUT2D eigenvalue weighted by atomic mass is 16.6. The number of nitro benzene ring substituents is 1. The van der Waals surface area contributed by atoms with Gasteiger partial charge in [0.2, 0.25) is 0 Å². The predicted molar refractivity (Wildman–Crippen MR) is 104 cm³/mol. The first-order valence-corrected chi connectivity index (χ1v) is 8.63. The van der Waals surface area contributed by atoms with E-state index >= 15 is 0 Å².